The Bertz CT molecular complexity index is 332. The van der Waals surface area contributed by atoms with Gasteiger partial charge in [0.1, 0.15) is 6.04 Å². The highest BCUT2D eigenvalue weighted by atomic mass is 35.5. The third kappa shape index (κ3) is 2.97. The summed E-state index contributed by atoms with van der Waals surface area (Å²) in [6.07, 6.45) is 0.0619. The van der Waals surface area contributed by atoms with Crippen LogP contribution >= 0.6 is 11.6 Å². The monoisotopic (exact) mass is 217 g/mol. The number of aliphatic carboxylic acids is 1. The molecule has 0 spiro atoms. The first-order chi connectivity index (χ1) is 6.63. The van der Waals surface area contributed by atoms with Crippen LogP contribution in [-0.4, -0.2) is 17.1 Å². The Labute approximate surface area is 85.4 Å². The molecule has 0 unspecified atom stereocenters. The van der Waals surface area contributed by atoms with Gasteiger partial charge in [0.2, 0.25) is 0 Å². The number of nitrogens with one attached hydrogen (secondary N) is 1. The molecule has 1 atom stereocenters. The average Bonchev–Trinajstić information content (AvgIpc) is 2.14. The van der Waals surface area contributed by atoms with E-state index in [1.807, 2.05) is 0 Å². The molecular weight excluding hydrogens is 209 g/mol. The van der Waals surface area contributed by atoms with Gasteiger partial charge in [-0.05, 0) is 17.7 Å². The predicted octanol–water partition coefficient (Wildman–Crippen LogP) is 1.81. The number of carbonyl (C=O) groups is 1. The molecule has 0 aliphatic heterocycles. The van der Waals surface area contributed by atoms with E-state index in [4.69, 9.17) is 16.7 Å². The minimum Gasteiger partial charge on any atom is -0.480 e. The van der Waals surface area contributed by atoms with Crippen LogP contribution < -0.4 is 5.54 Å². The lowest BCUT2D eigenvalue weighted by atomic mass is 10.1. The smallest absolute Gasteiger partial charge is 0.323 e. The van der Waals surface area contributed by atoms with Crippen LogP contribution in [0.25, 0.3) is 0 Å². The first-order valence-corrected chi connectivity index (χ1v) is 4.34. The third-order valence-electron chi connectivity index (χ3n) is 1.76. The Kier molecular flexibility index (Phi) is 3.85. The topological polar surface area (TPSA) is 49.3 Å². The molecule has 0 amide bonds. The van der Waals surface area contributed by atoms with E-state index in [0.29, 0.717) is 10.6 Å². The molecule has 0 aromatic heterocycles. The highest BCUT2D eigenvalue weighted by molar-refractivity contribution is 6.30. The van der Waals surface area contributed by atoms with E-state index in [2.05, 4.69) is 0 Å². The fraction of sp³-hybridized carbons (Fsp3) is 0.222. The Morgan fingerprint density at radius 2 is 2.36 bits per heavy atom. The van der Waals surface area contributed by atoms with Crippen molar-refractivity contribution in [1.29, 1.82) is 0 Å². The summed E-state index contributed by atoms with van der Waals surface area (Å²) >= 11 is 5.69. The molecule has 0 fully saturated rings. The van der Waals surface area contributed by atoms with E-state index < -0.39 is 12.0 Å². The zero-order valence-electron chi connectivity index (χ0n) is 7.21. The lowest BCUT2D eigenvalue weighted by molar-refractivity contribution is -0.140. The summed E-state index contributed by atoms with van der Waals surface area (Å²) in [5, 5.41) is 9.07. The van der Waals surface area contributed by atoms with Crippen molar-refractivity contribution in [1.82, 2.24) is 5.54 Å². The van der Waals surface area contributed by atoms with Crippen molar-refractivity contribution in [2.75, 3.05) is 0 Å². The summed E-state index contributed by atoms with van der Waals surface area (Å²) < 4.78 is 12.0. The summed E-state index contributed by atoms with van der Waals surface area (Å²) in [4.78, 5) is 10.5. The molecule has 0 radical (unpaired) electrons. The summed E-state index contributed by atoms with van der Waals surface area (Å²) in [7, 11) is 0. The van der Waals surface area contributed by atoms with Crippen LogP contribution in [-0.2, 0) is 11.2 Å². The molecule has 1 aromatic carbocycles. The normalized spacial score (nSPS) is 12.4. The predicted molar refractivity (Wildman–Crippen MR) is 50.8 cm³/mol. The van der Waals surface area contributed by atoms with Gasteiger partial charge in [-0.1, -0.05) is 23.7 Å². The van der Waals surface area contributed by atoms with Crippen LogP contribution in [0.3, 0.4) is 0 Å². The molecule has 1 aromatic rings. The summed E-state index contributed by atoms with van der Waals surface area (Å²) in [5.41, 5.74) is 1.90. The molecule has 2 N–H and O–H groups in total. The van der Waals surface area contributed by atoms with Gasteiger partial charge in [-0.15, -0.1) is 10.0 Å². The Morgan fingerprint density at radius 1 is 1.64 bits per heavy atom. The molecule has 5 heteroatoms. The van der Waals surface area contributed by atoms with Crippen LogP contribution in [0.15, 0.2) is 24.3 Å². The first kappa shape index (κ1) is 10.9. The molecule has 0 bridgehead atoms. The fourth-order valence-electron chi connectivity index (χ4n) is 1.07. The van der Waals surface area contributed by atoms with Gasteiger partial charge < -0.3 is 5.11 Å². The maximum absolute atomic E-state index is 12.0. The summed E-state index contributed by atoms with van der Waals surface area (Å²) in [6, 6.07) is 5.43. The van der Waals surface area contributed by atoms with Crippen molar-refractivity contribution >= 4 is 17.6 Å². The second-order valence-electron chi connectivity index (χ2n) is 2.83. The number of benzene rings is 1. The van der Waals surface area contributed by atoms with E-state index in [1.165, 1.54) is 5.54 Å². The fourth-order valence-corrected chi connectivity index (χ4v) is 1.29. The van der Waals surface area contributed by atoms with Gasteiger partial charge in [0.15, 0.2) is 0 Å². The molecule has 14 heavy (non-hydrogen) atoms. The zero-order chi connectivity index (χ0) is 10.6. The SMILES string of the molecule is O=C(O)[C@@H](Cc1cccc(Cl)c1)NF. The molecule has 0 heterocycles. The van der Waals surface area contributed by atoms with Crippen molar-refractivity contribution in [3.8, 4) is 0 Å². The molecule has 0 aliphatic carbocycles. The van der Waals surface area contributed by atoms with E-state index in [0.717, 1.165) is 0 Å². The second kappa shape index (κ2) is 4.93. The number of halogens is 2. The van der Waals surface area contributed by atoms with Gasteiger partial charge in [-0.25, -0.2) is 0 Å². The highest BCUT2D eigenvalue weighted by Gasteiger charge is 2.17. The third-order valence-corrected chi connectivity index (χ3v) is 1.99. The van der Waals surface area contributed by atoms with Gasteiger partial charge in [0.25, 0.3) is 0 Å². The molecule has 0 aliphatic rings. The zero-order valence-corrected chi connectivity index (χ0v) is 7.96. The highest BCUT2D eigenvalue weighted by Crippen LogP contribution is 2.12. The van der Waals surface area contributed by atoms with Gasteiger partial charge in [0.05, 0.1) is 0 Å². The van der Waals surface area contributed by atoms with E-state index in [-0.39, 0.29) is 6.42 Å². The molecular formula is C9H9ClFNO2. The van der Waals surface area contributed by atoms with Gasteiger partial charge >= 0.3 is 5.97 Å². The van der Waals surface area contributed by atoms with Crippen molar-refractivity contribution in [2.45, 2.75) is 12.5 Å². The van der Waals surface area contributed by atoms with Gasteiger partial charge in [-0.3, -0.25) is 4.79 Å². The lowest BCUT2D eigenvalue weighted by Gasteiger charge is -2.08. The second-order valence-corrected chi connectivity index (χ2v) is 3.27. The van der Waals surface area contributed by atoms with Crippen LogP contribution in [0.5, 0.6) is 0 Å². The van der Waals surface area contributed by atoms with Crippen molar-refractivity contribution < 1.29 is 14.4 Å². The number of carboxylic acid groups (broad SMARTS) is 1. The first-order valence-electron chi connectivity index (χ1n) is 3.97. The molecule has 76 valence electrons. The van der Waals surface area contributed by atoms with Crippen LogP contribution in [0.1, 0.15) is 5.56 Å². The minimum atomic E-state index is -1.23. The van der Waals surface area contributed by atoms with Crippen LogP contribution in [0.2, 0.25) is 5.02 Å². The minimum absolute atomic E-state index is 0.0619. The largest absolute Gasteiger partial charge is 0.480 e. The number of hydrogen-bond acceptors (Lipinski definition) is 2. The lowest BCUT2D eigenvalue weighted by Crippen LogP contribution is -2.33. The molecule has 3 nitrogen and oxygen atoms in total. The van der Waals surface area contributed by atoms with E-state index in [9.17, 15) is 9.28 Å². The molecule has 0 saturated carbocycles. The van der Waals surface area contributed by atoms with Crippen molar-refractivity contribution in [3.63, 3.8) is 0 Å². The standard InChI is InChI=1S/C9H9ClFNO2/c10-7-3-1-2-6(4-7)5-8(12-11)9(13)14/h1-4,8,12H,5H2,(H,13,14)/t8-/m1/s1. The quantitative estimate of drug-likeness (QED) is 0.757. The average molecular weight is 218 g/mol. The van der Waals surface area contributed by atoms with Crippen molar-refractivity contribution in [3.05, 3.63) is 34.9 Å². The molecule has 0 saturated heterocycles. The summed E-state index contributed by atoms with van der Waals surface area (Å²) in [6.45, 7) is 0. The molecule has 1 rings (SSSR count). The Hall–Kier alpha value is -1.13. The van der Waals surface area contributed by atoms with E-state index >= 15 is 0 Å². The van der Waals surface area contributed by atoms with Crippen LogP contribution in [0, 0.1) is 0 Å². The number of rotatable bonds is 4. The maximum Gasteiger partial charge on any atom is 0.323 e. The Morgan fingerprint density at radius 3 is 2.86 bits per heavy atom. The maximum atomic E-state index is 12.0. The van der Waals surface area contributed by atoms with Crippen molar-refractivity contribution in [2.24, 2.45) is 0 Å². The van der Waals surface area contributed by atoms with E-state index in [1.54, 1.807) is 24.3 Å². The Balaban J connectivity index is 2.72. The summed E-state index contributed by atoms with van der Waals surface area (Å²) in [5.74, 6) is -1.23. The van der Waals surface area contributed by atoms with Gasteiger partial charge in [-0.2, -0.15) is 0 Å². The number of carboxylic acids is 1. The van der Waals surface area contributed by atoms with Gasteiger partial charge in [0, 0.05) is 11.4 Å². The van der Waals surface area contributed by atoms with Crippen LogP contribution in [0.4, 0.5) is 4.48 Å². The number of hydrogen-bond donors (Lipinski definition) is 2.